The molecule has 0 aromatic heterocycles. The highest BCUT2D eigenvalue weighted by molar-refractivity contribution is 5.60. The number of hydrogen-bond acceptors (Lipinski definition) is 3. The lowest BCUT2D eigenvalue weighted by Gasteiger charge is -2.27. The number of aromatic hydroxyl groups is 1. The molecular weight excluding hydrogens is 245 g/mol. The number of phenols is 1. The Hall–Kier alpha value is -2.23. The van der Waals surface area contributed by atoms with Gasteiger partial charge < -0.3 is 15.2 Å². The highest BCUT2D eigenvalue weighted by Gasteiger charge is 2.20. The second kappa shape index (κ2) is 4.80. The van der Waals surface area contributed by atoms with Crippen molar-refractivity contribution in [3.05, 3.63) is 53.8 Å². The standard InChI is InChI=1S/C15H14FNO2/c16-13-4-2-1-3-10(13)7-12-9-17-14-6-5-11(18)8-15(14)19-12/h1-6,8,12,17-18H,7,9H2. The molecular formula is C15H14FNO2. The summed E-state index contributed by atoms with van der Waals surface area (Å²) in [6, 6.07) is 11.6. The molecule has 1 heterocycles. The maximum atomic E-state index is 13.6. The van der Waals surface area contributed by atoms with Gasteiger partial charge in [-0.25, -0.2) is 4.39 Å². The van der Waals surface area contributed by atoms with Gasteiger partial charge in [-0.3, -0.25) is 0 Å². The number of halogens is 1. The monoisotopic (exact) mass is 259 g/mol. The number of nitrogens with one attached hydrogen (secondary N) is 1. The van der Waals surface area contributed by atoms with Crippen LogP contribution in [-0.4, -0.2) is 17.8 Å². The van der Waals surface area contributed by atoms with Gasteiger partial charge in [0.1, 0.15) is 23.4 Å². The van der Waals surface area contributed by atoms with Gasteiger partial charge in [0.25, 0.3) is 0 Å². The summed E-state index contributed by atoms with van der Waals surface area (Å²) in [6.45, 7) is 0.617. The van der Waals surface area contributed by atoms with Gasteiger partial charge in [0.05, 0.1) is 12.2 Å². The summed E-state index contributed by atoms with van der Waals surface area (Å²) < 4.78 is 19.4. The Morgan fingerprint density at radius 2 is 2.11 bits per heavy atom. The summed E-state index contributed by atoms with van der Waals surface area (Å²) in [7, 11) is 0. The molecule has 1 aliphatic heterocycles. The number of anilines is 1. The molecule has 0 saturated heterocycles. The Morgan fingerprint density at radius 1 is 1.26 bits per heavy atom. The Kier molecular flexibility index (Phi) is 2.99. The molecule has 2 aromatic rings. The minimum atomic E-state index is -0.215. The van der Waals surface area contributed by atoms with Gasteiger partial charge in [-0.1, -0.05) is 18.2 Å². The molecule has 0 fully saturated rings. The van der Waals surface area contributed by atoms with Gasteiger partial charge in [0, 0.05) is 12.5 Å². The van der Waals surface area contributed by atoms with Crippen LogP contribution in [0, 0.1) is 5.82 Å². The lowest BCUT2D eigenvalue weighted by molar-refractivity contribution is 0.204. The molecule has 0 bridgehead atoms. The third-order valence-corrected chi connectivity index (χ3v) is 3.18. The van der Waals surface area contributed by atoms with Crippen LogP contribution in [0.2, 0.25) is 0 Å². The predicted octanol–water partition coefficient (Wildman–Crippen LogP) is 2.95. The largest absolute Gasteiger partial charge is 0.508 e. The van der Waals surface area contributed by atoms with E-state index in [2.05, 4.69) is 5.32 Å². The first kappa shape index (κ1) is 11.8. The maximum Gasteiger partial charge on any atom is 0.146 e. The second-order valence-corrected chi connectivity index (χ2v) is 4.60. The third kappa shape index (κ3) is 2.47. The van der Waals surface area contributed by atoms with E-state index < -0.39 is 0 Å². The van der Waals surface area contributed by atoms with Crippen LogP contribution in [0.5, 0.6) is 11.5 Å². The van der Waals surface area contributed by atoms with Gasteiger partial charge in [-0.15, -0.1) is 0 Å². The van der Waals surface area contributed by atoms with Crippen LogP contribution >= 0.6 is 0 Å². The number of ether oxygens (including phenoxy) is 1. The van der Waals surface area contributed by atoms with Crippen molar-refractivity contribution in [2.45, 2.75) is 12.5 Å². The molecule has 0 radical (unpaired) electrons. The molecule has 1 atom stereocenters. The summed E-state index contributed by atoms with van der Waals surface area (Å²) in [6.07, 6.45) is 0.348. The van der Waals surface area contributed by atoms with Crippen LogP contribution in [0.4, 0.5) is 10.1 Å². The molecule has 1 unspecified atom stereocenters. The van der Waals surface area contributed by atoms with E-state index in [0.29, 0.717) is 24.3 Å². The number of fused-ring (bicyclic) bond motifs is 1. The van der Waals surface area contributed by atoms with Gasteiger partial charge in [-0.2, -0.15) is 0 Å². The topological polar surface area (TPSA) is 41.5 Å². The fourth-order valence-corrected chi connectivity index (χ4v) is 2.22. The van der Waals surface area contributed by atoms with Crippen LogP contribution in [0.3, 0.4) is 0 Å². The zero-order valence-corrected chi connectivity index (χ0v) is 10.3. The lowest BCUT2D eigenvalue weighted by Crippen LogP contribution is -2.32. The average molecular weight is 259 g/mol. The Labute approximate surface area is 110 Å². The number of rotatable bonds is 2. The van der Waals surface area contributed by atoms with Crippen molar-refractivity contribution in [3.8, 4) is 11.5 Å². The van der Waals surface area contributed by atoms with Crippen molar-refractivity contribution in [2.75, 3.05) is 11.9 Å². The smallest absolute Gasteiger partial charge is 0.146 e. The van der Waals surface area contributed by atoms with Crippen molar-refractivity contribution in [3.63, 3.8) is 0 Å². The van der Waals surface area contributed by atoms with Crippen LogP contribution in [0.25, 0.3) is 0 Å². The molecule has 3 nitrogen and oxygen atoms in total. The van der Waals surface area contributed by atoms with Crippen LogP contribution in [-0.2, 0) is 6.42 Å². The first-order valence-electron chi connectivity index (χ1n) is 6.19. The van der Waals surface area contributed by atoms with Gasteiger partial charge in [0.2, 0.25) is 0 Å². The van der Waals surface area contributed by atoms with Crippen molar-refractivity contribution in [1.29, 1.82) is 0 Å². The lowest BCUT2D eigenvalue weighted by atomic mass is 10.1. The second-order valence-electron chi connectivity index (χ2n) is 4.60. The predicted molar refractivity (Wildman–Crippen MR) is 71.1 cm³/mol. The maximum absolute atomic E-state index is 13.6. The molecule has 2 aromatic carbocycles. The molecule has 2 N–H and O–H groups in total. The number of phenolic OH excluding ortho intramolecular Hbond substituents is 1. The Balaban J connectivity index is 1.77. The molecule has 19 heavy (non-hydrogen) atoms. The molecule has 0 aliphatic carbocycles. The molecule has 0 saturated carbocycles. The molecule has 4 heteroatoms. The average Bonchev–Trinajstić information content (AvgIpc) is 2.41. The first-order chi connectivity index (χ1) is 9.22. The van der Waals surface area contributed by atoms with Crippen LogP contribution < -0.4 is 10.1 Å². The summed E-state index contributed by atoms with van der Waals surface area (Å²) in [5, 5.41) is 12.7. The van der Waals surface area contributed by atoms with Crippen molar-refractivity contribution < 1.29 is 14.2 Å². The first-order valence-corrected chi connectivity index (χ1v) is 6.19. The van der Waals surface area contributed by atoms with Crippen LogP contribution in [0.15, 0.2) is 42.5 Å². The van der Waals surface area contributed by atoms with E-state index in [1.165, 1.54) is 6.07 Å². The normalized spacial score (nSPS) is 17.2. The Morgan fingerprint density at radius 3 is 2.95 bits per heavy atom. The minimum absolute atomic E-state index is 0.147. The molecule has 0 amide bonds. The minimum Gasteiger partial charge on any atom is -0.508 e. The van der Waals surface area contributed by atoms with E-state index in [1.807, 2.05) is 6.07 Å². The highest BCUT2D eigenvalue weighted by Crippen LogP contribution is 2.33. The number of benzene rings is 2. The van der Waals surface area contributed by atoms with Crippen molar-refractivity contribution in [1.82, 2.24) is 0 Å². The zero-order valence-electron chi connectivity index (χ0n) is 10.3. The molecule has 98 valence electrons. The van der Waals surface area contributed by atoms with E-state index in [1.54, 1.807) is 30.3 Å². The van der Waals surface area contributed by atoms with Crippen molar-refractivity contribution >= 4 is 5.69 Å². The fraction of sp³-hybridized carbons (Fsp3) is 0.200. The van der Waals surface area contributed by atoms with E-state index in [9.17, 15) is 9.50 Å². The molecule has 0 spiro atoms. The fourth-order valence-electron chi connectivity index (χ4n) is 2.22. The Bertz CT molecular complexity index is 600. The van der Waals surface area contributed by atoms with Gasteiger partial charge in [-0.05, 0) is 23.8 Å². The van der Waals surface area contributed by atoms with E-state index >= 15 is 0 Å². The summed E-state index contributed by atoms with van der Waals surface area (Å²) in [5.41, 5.74) is 1.49. The van der Waals surface area contributed by atoms with E-state index in [4.69, 9.17) is 4.74 Å². The van der Waals surface area contributed by atoms with Crippen LogP contribution in [0.1, 0.15) is 5.56 Å². The zero-order chi connectivity index (χ0) is 13.2. The van der Waals surface area contributed by atoms with Crippen molar-refractivity contribution in [2.24, 2.45) is 0 Å². The summed E-state index contributed by atoms with van der Waals surface area (Å²) in [4.78, 5) is 0. The van der Waals surface area contributed by atoms with E-state index in [0.717, 1.165) is 5.69 Å². The molecule has 3 rings (SSSR count). The highest BCUT2D eigenvalue weighted by atomic mass is 19.1. The SMILES string of the molecule is Oc1ccc2c(c1)OC(Cc1ccccc1F)CN2. The van der Waals surface area contributed by atoms with Gasteiger partial charge in [0.15, 0.2) is 0 Å². The van der Waals surface area contributed by atoms with Gasteiger partial charge >= 0.3 is 0 Å². The quantitative estimate of drug-likeness (QED) is 0.815. The van der Waals surface area contributed by atoms with E-state index in [-0.39, 0.29) is 17.7 Å². The number of hydrogen-bond donors (Lipinski definition) is 2. The summed E-state index contributed by atoms with van der Waals surface area (Å²) >= 11 is 0. The summed E-state index contributed by atoms with van der Waals surface area (Å²) in [5.74, 6) is 0.549. The molecule has 1 aliphatic rings. The third-order valence-electron chi connectivity index (χ3n) is 3.18.